The molecule has 23 heavy (non-hydrogen) atoms. The number of carbonyl (C=O) groups excluding carboxylic acids is 2. The van der Waals surface area contributed by atoms with Gasteiger partial charge >= 0.3 is 0 Å². The molecule has 2 heterocycles. The van der Waals surface area contributed by atoms with Crippen molar-refractivity contribution in [2.24, 2.45) is 5.92 Å². The third-order valence-corrected chi connectivity index (χ3v) is 4.70. The number of benzene rings is 1. The molecule has 0 radical (unpaired) electrons. The van der Waals surface area contributed by atoms with Crippen molar-refractivity contribution in [3.05, 3.63) is 35.9 Å². The summed E-state index contributed by atoms with van der Waals surface area (Å²) in [6.45, 7) is 2.71. The minimum absolute atomic E-state index is 0.0104. The van der Waals surface area contributed by atoms with E-state index >= 15 is 0 Å². The SMILES string of the molecule is O=C(NCC1CCCO1)C1CCN(C(=O)c2ccccc2)CC1. The summed E-state index contributed by atoms with van der Waals surface area (Å²) >= 11 is 0. The van der Waals surface area contributed by atoms with E-state index in [0.29, 0.717) is 25.2 Å². The largest absolute Gasteiger partial charge is 0.376 e. The number of rotatable bonds is 4. The highest BCUT2D eigenvalue weighted by Gasteiger charge is 2.28. The first kappa shape index (κ1) is 16.0. The Bertz CT molecular complexity index is 532. The van der Waals surface area contributed by atoms with Gasteiger partial charge in [0.2, 0.25) is 5.91 Å². The van der Waals surface area contributed by atoms with Crippen LogP contribution in [0, 0.1) is 5.92 Å². The quantitative estimate of drug-likeness (QED) is 0.922. The van der Waals surface area contributed by atoms with E-state index < -0.39 is 0 Å². The number of nitrogens with one attached hydrogen (secondary N) is 1. The molecule has 124 valence electrons. The molecule has 2 amide bonds. The molecular weight excluding hydrogens is 292 g/mol. The zero-order chi connectivity index (χ0) is 16.1. The maximum atomic E-state index is 12.4. The maximum absolute atomic E-state index is 12.4. The molecule has 5 heteroatoms. The van der Waals surface area contributed by atoms with E-state index in [0.717, 1.165) is 32.3 Å². The Morgan fingerprint density at radius 2 is 1.87 bits per heavy atom. The van der Waals surface area contributed by atoms with E-state index in [1.807, 2.05) is 35.2 Å². The highest BCUT2D eigenvalue weighted by molar-refractivity contribution is 5.94. The van der Waals surface area contributed by atoms with Crippen LogP contribution in [0.3, 0.4) is 0 Å². The lowest BCUT2D eigenvalue weighted by atomic mass is 9.95. The molecular formula is C18H24N2O3. The van der Waals surface area contributed by atoms with Gasteiger partial charge in [-0.3, -0.25) is 9.59 Å². The molecule has 0 bridgehead atoms. The van der Waals surface area contributed by atoms with Crippen molar-refractivity contribution in [1.82, 2.24) is 10.2 Å². The molecule has 1 aromatic rings. The van der Waals surface area contributed by atoms with Gasteiger partial charge in [-0.25, -0.2) is 0 Å². The fraction of sp³-hybridized carbons (Fsp3) is 0.556. The number of piperidine rings is 1. The first-order valence-corrected chi connectivity index (χ1v) is 8.47. The maximum Gasteiger partial charge on any atom is 0.253 e. The van der Waals surface area contributed by atoms with Crippen LogP contribution in [-0.4, -0.2) is 49.1 Å². The molecule has 1 aromatic carbocycles. The second-order valence-corrected chi connectivity index (χ2v) is 6.31. The predicted octanol–water partition coefficient (Wildman–Crippen LogP) is 1.83. The topological polar surface area (TPSA) is 58.6 Å². The van der Waals surface area contributed by atoms with E-state index in [-0.39, 0.29) is 23.8 Å². The minimum atomic E-state index is 0.0104. The summed E-state index contributed by atoms with van der Waals surface area (Å²) in [7, 11) is 0. The standard InChI is InChI=1S/C18H24N2O3/c21-17(19-13-16-7-4-12-23-16)14-8-10-20(11-9-14)18(22)15-5-2-1-3-6-15/h1-3,5-6,14,16H,4,7-13H2,(H,19,21). The Hall–Kier alpha value is -1.88. The van der Waals surface area contributed by atoms with Gasteiger partial charge in [-0.1, -0.05) is 18.2 Å². The van der Waals surface area contributed by atoms with Crippen molar-refractivity contribution in [3.8, 4) is 0 Å². The molecule has 0 aliphatic carbocycles. The predicted molar refractivity (Wildman–Crippen MR) is 87.1 cm³/mol. The molecule has 2 aliphatic heterocycles. The van der Waals surface area contributed by atoms with Crippen LogP contribution in [-0.2, 0) is 9.53 Å². The number of amides is 2. The van der Waals surface area contributed by atoms with E-state index in [1.54, 1.807) is 0 Å². The van der Waals surface area contributed by atoms with Crippen molar-refractivity contribution < 1.29 is 14.3 Å². The van der Waals surface area contributed by atoms with Crippen LogP contribution in [0.25, 0.3) is 0 Å². The lowest BCUT2D eigenvalue weighted by Crippen LogP contribution is -2.44. The Morgan fingerprint density at radius 1 is 1.13 bits per heavy atom. The van der Waals surface area contributed by atoms with Crippen molar-refractivity contribution in [3.63, 3.8) is 0 Å². The minimum Gasteiger partial charge on any atom is -0.376 e. The van der Waals surface area contributed by atoms with Gasteiger partial charge < -0.3 is 15.0 Å². The second kappa shape index (κ2) is 7.59. The number of carbonyl (C=O) groups is 2. The molecule has 1 N–H and O–H groups in total. The Balaban J connectivity index is 1.44. The van der Waals surface area contributed by atoms with Crippen LogP contribution in [0.4, 0.5) is 0 Å². The van der Waals surface area contributed by atoms with Crippen molar-refractivity contribution in [1.29, 1.82) is 0 Å². The molecule has 3 rings (SSSR count). The monoisotopic (exact) mass is 316 g/mol. The third-order valence-electron chi connectivity index (χ3n) is 4.70. The first-order valence-electron chi connectivity index (χ1n) is 8.47. The van der Waals surface area contributed by atoms with Gasteiger partial charge in [0.1, 0.15) is 0 Å². The molecule has 2 aliphatic rings. The highest BCUT2D eigenvalue weighted by Crippen LogP contribution is 2.19. The fourth-order valence-electron chi connectivity index (χ4n) is 3.27. The van der Waals surface area contributed by atoms with Gasteiger partial charge in [0, 0.05) is 37.7 Å². The number of likely N-dealkylation sites (tertiary alicyclic amines) is 1. The lowest BCUT2D eigenvalue weighted by molar-refractivity contribution is -0.126. The first-order chi connectivity index (χ1) is 11.2. The van der Waals surface area contributed by atoms with Crippen LogP contribution in [0.15, 0.2) is 30.3 Å². The smallest absolute Gasteiger partial charge is 0.253 e. The van der Waals surface area contributed by atoms with Crippen LogP contribution < -0.4 is 5.32 Å². The molecule has 0 spiro atoms. The fourth-order valence-corrected chi connectivity index (χ4v) is 3.27. The Morgan fingerprint density at radius 3 is 2.52 bits per heavy atom. The van der Waals surface area contributed by atoms with E-state index in [4.69, 9.17) is 4.74 Å². The molecule has 5 nitrogen and oxygen atoms in total. The molecule has 0 aromatic heterocycles. The summed E-state index contributed by atoms with van der Waals surface area (Å²) in [5.41, 5.74) is 0.716. The van der Waals surface area contributed by atoms with Crippen LogP contribution in [0.2, 0.25) is 0 Å². The number of hydrogen-bond acceptors (Lipinski definition) is 3. The second-order valence-electron chi connectivity index (χ2n) is 6.31. The zero-order valence-corrected chi connectivity index (χ0v) is 13.4. The van der Waals surface area contributed by atoms with Gasteiger partial charge in [0.25, 0.3) is 5.91 Å². The average Bonchev–Trinajstić information content (AvgIpc) is 3.13. The summed E-state index contributed by atoms with van der Waals surface area (Å²) in [5, 5.41) is 3.00. The summed E-state index contributed by atoms with van der Waals surface area (Å²) in [5.74, 6) is 0.173. The number of hydrogen-bond donors (Lipinski definition) is 1. The Kier molecular flexibility index (Phi) is 5.28. The number of nitrogens with zero attached hydrogens (tertiary/aromatic N) is 1. The van der Waals surface area contributed by atoms with Crippen molar-refractivity contribution in [2.45, 2.75) is 31.8 Å². The lowest BCUT2D eigenvalue weighted by Gasteiger charge is -2.31. The Labute approximate surface area is 137 Å². The van der Waals surface area contributed by atoms with Crippen molar-refractivity contribution >= 4 is 11.8 Å². The molecule has 1 atom stereocenters. The molecule has 2 fully saturated rings. The van der Waals surface area contributed by atoms with E-state index in [2.05, 4.69) is 5.32 Å². The van der Waals surface area contributed by atoms with E-state index in [9.17, 15) is 9.59 Å². The summed E-state index contributed by atoms with van der Waals surface area (Å²) in [6.07, 6.45) is 3.76. The number of ether oxygens (including phenoxy) is 1. The van der Waals surface area contributed by atoms with Crippen LogP contribution >= 0.6 is 0 Å². The van der Waals surface area contributed by atoms with Crippen molar-refractivity contribution in [2.75, 3.05) is 26.2 Å². The van der Waals surface area contributed by atoms with Gasteiger partial charge in [-0.05, 0) is 37.8 Å². The summed E-state index contributed by atoms with van der Waals surface area (Å²) < 4.78 is 5.52. The molecule has 2 saturated heterocycles. The summed E-state index contributed by atoms with van der Waals surface area (Å²) in [4.78, 5) is 26.5. The third kappa shape index (κ3) is 4.10. The normalized spacial score (nSPS) is 22.1. The van der Waals surface area contributed by atoms with Gasteiger partial charge in [-0.15, -0.1) is 0 Å². The van der Waals surface area contributed by atoms with Crippen LogP contribution in [0.5, 0.6) is 0 Å². The van der Waals surface area contributed by atoms with Crippen LogP contribution in [0.1, 0.15) is 36.0 Å². The van der Waals surface area contributed by atoms with Gasteiger partial charge in [0.15, 0.2) is 0 Å². The van der Waals surface area contributed by atoms with E-state index in [1.165, 1.54) is 0 Å². The van der Waals surface area contributed by atoms with Gasteiger partial charge in [-0.2, -0.15) is 0 Å². The molecule has 0 saturated carbocycles. The zero-order valence-electron chi connectivity index (χ0n) is 13.4. The van der Waals surface area contributed by atoms with Gasteiger partial charge in [0.05, 0.1) is 6.10 Å². The average molecular weight is 316 g/mol. The molecule has 1 unspecified atom stereocenters. The highest BCUT2D eigenvalue weighted by atomic mass is 16.5. The summed E-state index contributed by atoms with van der Waals surface area (Å²) in [6, 6.07) is 9.32.